The summed E-state index contributed by atoms with van der Waals surface area (Å²) >= 11 is 5.73. The van der Waals surface area contributed by atoms with E-state index < -0.39 is 24.1 Å². The topological polar surface area (TPSA) is 105 Å². The van der Waals surface area contributed by atoms with Crippen LogP contribution in [0.25, 0.3) is 0 Å². The number of benzene rings is 1. The second-order valence-electron chi connectivity index (χ2n) is 5.09. The number of nitrogens with one attached hydrogen (secondary N) is 1. The number of esters is 1. The molecule has 0 heterocycles. The maximum atomic E-state index is 11.9. The molecule has 7 heteroatoms. The third kappa shape index (κ3) is 5.96. The van der Waals surface area contributed by atoms with Crippen molar-refractivity contribution in [2.24, 2.45) is 0 Å². The van der Waals surface area contributed by atoms with E-state index in [1.807, 2.05) is 0 Å². The molecule has 0 aliphatic carbocycles. The van der Waals surface area contributed by atoms with Crippen LogP contribution in [0, 0.1) is 5.41 Å². The molecule has 1 rings (SSSR count). The Balaban J connectivity index is 2.53. The van der Waals surface area contributed by atoms with Crippen LogP contribution in [-0.2, 0) is 14.3 Å². The SMILES string of the molecule is CC(=N)/C(C(C)=O)=C(\O)COC(=O)CCC(=O)c1ccc(Cl)cc1. The Morgan fingerprint density at radius 3 is 2.21 bits per heavy atom. The quantitative estimate of drug-likeness (QED) is 0.246. The van der Waals surface area contributed by atoms with Gasteiger partial charge in [-0.25, -0.2) is 0 Å². The lowest BCUT2D eigenvalue weighted by Crippen LogP contribution is -2.15. The fraction of sp³-hybridized carbons (Fsp3) is 0.294. The summed E-state index contributed by atoms with van der Waals surface area (Å²) < 4.78 is 4.82. The number of aliphatic hydroxyl groups is 1. The summed E-state index contributed by atoms with van der Waals surface area (Å²) in [5.74, 6) is -1.89. The Hall–Kier alpha value is -2.47. The molecule has 24 heavy (non-hydrogen) atoms. The Kier molecular flexibility index (Phi) is 7.32. The molecule has 128 valence electrons. The van der Waals surface area contributed by atoms with Gasteiger partial charge in [-0.15, -0.1) is 0 Å². The Morgan fingerprint density at radius 1 is 1.12 bits per heavy atom. The lowest BCUT2D eigenvalue weighted by Gasteiger charge is -2.08. The molecule has 0 aliphatic heterocycles. The van der Waals surface area contributed by atoms with Crippen molar-refractivity contribution in [2.75, 3.05) is 6.61 Å². The first kappa shape index (κ1) is 19.6. The van der Waals surface area contributed by atoms with Gasteiger partial charge >= 0.3 is 5.97 Å². The van der Waals surface area contributed by atoms with E-state index in [-0.39, 0.29) is 29.9 Å². The number of allylic oxidation sites excluding steroid dienone is 1. The lowest BCUT2D eigenvalue weighted by molar-refractivity contribution is -0.143. The van der Waals surface area contributed by atoms with E-state index in [0.717, 1.165) is 0 Å². The standard InChI is InChI=1S/C17H18ClNO5/c1-10(19)17(11(2)20)15(22)9-24-16(23)8-7-14(21)12-3-5-13(18)6-4-12/h3-6,19,22H,7-9H2,1-2H3/b17-15+,19-10?. The summed E-state index contributed by atoms with van der Waals surface area (Å²) in [5, 5.41) is 17.7. The van der Waals surface area contributed by atoms with Crippen molar-refractivity contribution in [3.63, 3.8) is 0 Å². The average molecular weight is 352 g/mol. The van der Waals surface area contributed by atoms with Crippen LogP contribution in [0.1, 0.15) is 37.0 Å². The molecule has 0 bridgehead atoms. The van der Waals surface area contributed by atoms with E-state index in [4.69, 9.17) is 21.7 Å². The maximum absolute atomic E-state index is 11.9. The molecule has 0 aromatic heterocycles. The van der Waals surface area contributed by atoms with Gasteiger partial charge in [-0.3, -0.25) is 14.4 Å². The number of halogens is 1. The number of ether oxygens (including phenoxy) is 1. The van der Waals surface area contributed by atoms with Crippen molar-refractivity contribution in [1.82, 2.24) is 0 Å². The van der Waals surface area contributed by atoms with Crippen molar-refractivity contribution >= 4 is 34.8 Å². The number of ketones is 2. The summed E-state index contributed by atoms with van der Waals surface area (Å²) in [7, 11) is 0. The largest absolute Gasteiger partial charge is 0.508 e. The number of aliphatic hydroxyl groups excluding tert-OH is 1. The van der Waals surface area contributed by atoms with Crippen LogP contribution >= 0.6 is 11.6 Å². The molecular weight excluding hydrogens is 334 g/mol. The molecule has 0 unspecified atom stereocenters. The first-order valence-corrected chi connectivity index (χ1v) is 7.53. The highest BCUT2D eigenvalue weighted by molar-refractivity contribution is 6.30. The molecule has 0 saturated heterocycles. The molecule has 0 fully saturated rings. The van der Waals surface area contributed by atoms with Gasteiger partial charge in [-0.1, -0.05) is 11.6 Å². The molecular formula is C17H18ClNO5. The summed E-state index contributed by atoms with van der Waals surface area (Å²) in [6.45, 7) is 2.04. The molecule has 1 aromatic carbocycles. The highest BCUT2D eigenvalue weighted by atomic mass is 35.5. The molecule has 0 spiro atoms. The Bertz CT molecular complexity index is 675. The molecule has 0 saturated carbocycles. The molecule has 2 N–H and O–H groups in total. The summed E-state index contributed by atoms with van der Waals surface area (Å²) in [5.41, 5.74) is 0.141. The first-order chi connectivity index (χ1) is 11.2. The summed E-state index contributed by atoms with van der Waals surface area (Å²) in [4.78, 5) is 34.8. The van der Waals surface area contributed by atoms with Gasteiger partial charge in [-0.05, 0) is 38.1 Å². The minimum absolute atomic E-state index is 0.0475. The van der Waals surface area contributed by atoms with Crippen LogP contribution < -0.4 is 0 Å². The van der Waals surface area contributed by atoms with Gasteiger partial charge in [0, 0.05) is 22.7 Å². The third-order valence-corrected chi connectivity index (χ3v) is 3.36. The smallest absolute Gasteiger partial charge is 0.306 e. The number of carbonyl (C=O) groups excluding carboxylic acids is 3. The molecule has 0 atom stereocenters. The van der Waals surface area contributed by atoms with E-state index >= 15 is 0 Å². The predicted molar refractivity (Wildman–Crippen MR) is 89.7 cm³/mol. The lowest BCUT2D eigenvalue weighted by atomic mass is 10.1. The molecule has 1 aromatic rings. The number of hydrogen-bond acceptors (Lipinski definition) is 6. The minimum Gasteiger partial charge on any atom is -0.508 e. The van der Waals surface area contributed by atoms with Gasteiger partial charge in [0.05, 0.1) is 12.0 Å². The van der Waals surface area contributed by atoms with E-state index in [1.54, 1.807) is 24.3 Å². The molecule has 6 nitrogen and oxygen atoms in total. The van der Waals surface area contributed by atoms with Gasteiger partial charge in [0.1, 0.15) is 12.4 Å². The Morgan fingerprint density at radius 2 is 1.71 bits per heavy atom. The monoisotopic (exact) mass is 351 g/mol. The van der Waals surface area contributed by atoms with Crippen molar-refractivity contribution in [2.45, 2.75) is 26.7 Å². The number of carbonyl (C=O) groups is 3. The first-order valence-electron chi connectivity index (χ1n) is 7.15. The van der Waals surface area contributed by atoms with E-state index in [0.29, 0.717) is 10.6 Å². The Labute approximate surface area is 144 Å². The number of Topliss-reactive ketones (excluding diaryl/α,β-unsaturated/α-hetero) is 2. The van der Waals surface area contributed by atoms with Gasteiger partial charge < -0.3 is 15.3 Å². The van der Waals surface area contributed by atoms with Crippen LogP contribution in [0.2, 0.25) is 5.02 Å². The van der Waals surface area contributed by atoms with E-state index in [2.05, 4.69) is 0 Å². The minimum atomic E-state index is -0.686. The zero-order valence-corrected chi connectivity index (χ0v) is 14.1. The van der Waals surface area contributed by atoms with Crippen molar-refractivity contribution in [1.29, 1.82) is 5.41 Å². The van der Waals surface area contributed by atoms with E-state index in [9.17, 15) is 19.5 Å². The van der Waals surface area contributed by atoms with E-state index in [1.165, 1.54) is 13.8 Å². The van der Waals surface area contributed by atoms with Crippen molar-refractivity contribution in [3.8, 4) is 0 Å². The normalized spacial score (nSPS) is 11.5. The maximum Gasteiger partial charge on any atom is 0.306 e. The van der Waals surface area contributed by atoms with Gasteiger partial charge in [-0.2, -0.15) is 0 Å². The fourth-order valence-corrected chi connectivity index (χ4v) is 2.10. The molecule has 0 amide bonds. The van der Waals surface area contributed by atoms with Gasteiger partial charge in [0.15, 0.2) is 11.6 Å². The average Bonchev–Trinajstić information content (AvgIpc) is 2.50. The highest BCUT2D eigenvalue weighted by Gasteiger charge is 2.16. The highest BCUT2D eigenvalue weighted by Crippen LogP contribution is 2.12. The number of hydrogen-bond donors (Lipinski definition) is 2. The third-order valence-electron chi connectivity index (χ3n) is 3.11. The second-order valence-corrected chi connectivity index (χ2v) is 5.53. The van der Waals surface area contributed by atoms with Crippen molar-refractivity contribution in [3.05, 3.63) is 46.2 Å². The summed E-state index contributed by atoms with van der Waals surface area (Å²) in [6, 6.07) is 6.30. The van der Waals surface area contributed by atoms with Crippen LogP contribution in [-0.4, -0.2) is 35.0 Å². The van der Waals surface area contributed by atoms with Crippen LogP contribution in [0.3, 0.4) is 0 Å². The van der Waals surface area contributed by atoms with Crippen LogP contribution in [0.4, 0.5) is 0 Å². The van der Waals surface area contributed by atoms with Gasteiger partial charge in [0.25, 0.3) is 0 Å². The van der Waals surface area contributed by atoms with Crippen LogP contribution in [0.15, 0.2) is 35.6 Å². The number of rotatable bonds is 8. The van der Waals surface area contributed by atoms with Crippen molar-refractivity contribution < 1.29 is 24.2 Å². The molecule has 0 aliphatic rings. The second kappa shape index (κ2) is 8.98. The summed E-state index contributed by atoms with van der Waals surface area (Å²) in [6.07, 6.45) is -0.207. The molecule has 0 radical (unpaired) electrons. The predicted octanol–water partition coefficient (Wildman–Crippen LogP) is 3.29. The van der Waals surface area contributed by atoms with Gasteiger partial charge in [0.2, 0.25) is 0 Å². The van der Waals surface area contributed by atoms with Crippen LogP contribution in [0.5, 0.6) is 0 Å². The fourth-order valence-electron chi connectivity index (χ4n) is 1.97. The zero-order valence-electron chi connectivity index (χ0n) is 13.4. The zero-order chi connectivity index (χ0) is 18.3.